The van der Waals surface area contributed by atoms with Crippen molar-refractivity contribution >= 4 is 23.1 Å². The third kappa shape index (κ3) is 6.29. The van der Waals surface area contributed by atoms with Crippen molar-refractivity contribution in [1.29, 1.82) is 0 Å². The monoisotopic (exact) mass is 480 g/mol. The summed E-state index contributed by atoms with van der Waals surface area (Å²) in [7, 11) is 0. The van der Waals surface area contributed by atoms with E-state index in [-0.39, 0.29) is 12.4 Å². The van der Waals surface area contributed by atoms with Crippen LogP contribution in [0.4, 0.5) is 24.7 Å². The van der Waals surface area contributed by atoms with Crippen molar-refractivity contribution in [2.75, 3.05) is 49.6 Å². The number of halogens is 4. The van der Waals surface area contributed by atoms with Crippen molar-refractivity contribution in [3.05, 3.63) is 54.4 Å². The van der Waals surface area contributed by atoms with Gasteiger partial charge in [-0.1, -0.05) is 0 Å². The molecule has 4 rings (SSSR count). The molecule has 1 aliphatic rings. The minimum Gasteiger partial charge on any atom is -0.420 e. The van der Waals surface area contributed by atoms with E-state index in [2.05, 4.69) is 30.1 Å². The molecule has 1 aliphatic heterocycles. The van der Waals surface area contributed by atoms with Crippen LogP contribution in [0.5, 0.6) is 5.75 Å². The summed E-state index contributed by atoms with van der Waals surface area (Å²) in [4.78, 5) is 9.03. The first-order chi connectivity index (χ1) is 15.9. The molecule has 0 radical (unpaired) electrons. The molecule has 176 valence electrons. The normalized spacial score (nSPS) is 15.0. The van der Waals surface area contributed by atoms with Gasteiger partial charge in [0.05, 0.1) is 5.69 Å². The van der Waals surface area contributed by atoms with Gasteiger partial charge in [0.1, 0.15) is 18.2 Å². The fourth-order valence-electron chi connectivity index (χ4n) is 3.73. The van der Waals surface area contributed by atoms with Gasteiger partial charge in [-0.25, -0.2) is 9.37 Å². The van der Waals surface area contributed by atoms with Gasteiger partial charge < -0.3 is 15.0 Å². The summed E-state index contributed by atoms with van der Waals surface area (Å²) < 4.78 is 42.5. The standard InChI is InChI=1S/C22H24ClF3N6O/c23-22(25,26)33-18-3-1-17(2-4-18)27-14-16-13-19(20-5-7-29-30-20)21(28-15-16)32-11-9-31(8-6-24)10-12-32/h1-5,7,13,15,27H,6,8-12,14H2,(H,29,30). The average molecular weight is 481 g/mol. The number of aromatic amines is 1. The van der Waals surface area contributed by atoms with Crippen LogP contribution in [-0.4, -0.2) is 65.0 Å². The highest BCUT2D eigenvalue weighted by molar-refractivity contribution is 6.20. The van der Waals surface area contributed by atoms with Gasteiger partial charge in [-0.3, -0.25) is 10.00 Å². The predicted molar refractivity (Wildman–Crippen MR) is 122 cm³/mol. The Kier molecular flexibility index (Phi) is 7.24. The smallest absolute Gasteiger partial charge is 0.420 e. The Morgan fingerprint density at radius 2 is 1.88 bits per heavy atom. The molecule has 33 heavy (non-hydrogen) atoms. The number of alkyl halides is 4. The lowest BCUT2D eigenvalue weighted by Gasteiger charge is -2.35. The third-order valence-corrected chi connectivity index (χ3v) is 5.45. The molecule has 0 saturated carbocycles. The SMILES string of the molecule is FCCN1CCN(c2ncc(CNc3ccc(OC(F)(F)Cl)cc3)cc2-c2ccn[nH]2)CC1. The molecule has 2 aromatic heterocycles. The number of hydrogen-bond acceptors (Lipinski definition) is 6. The molecule has 3 heterocycles. The van der Waals surface area contributed by atoms with Crippen LogP contribution in [0.25, 0.3) is 11.3 Å². The van der Waals surface area contributed by atoms with Gasteiger partial charge in [0.25, 0.3) is 0 Å². The molecule has 0 unspecified atom stereocenters. The van der Waals surface area contributed by atoms with Crippen molar-refractivity contribution in [1.82, 2.24) is 20.1 Å². The first-order valence-corrected chi connectivity index (χ1v) is 10.9. The maximum atomic E-state index is 12.7. The number of anilines is 2. The summed E-state index contributed by atoms with van der Waals surface area (Å²) in [5.41, 5.74) is -0.290. The Bertz CT molecular complexity index is 1020. The second kappa shape index (κ2) is 10.3. The van der Waals surface area contributed by atoms with Crippen LogP contribution in [-0.2, 0) is 6.54 Å². The molecule has 11 heteroatoms. The molecule has 0 spiro atoms. The maximum absolute atomic E-state index is 12.7. The first-order valence-electron chi connectivity index (χ1n) is 10.5. The Morgan fingerprint density at radius 3 is 2.52 bits per heavy atom. The average Bonchev–Trinajstić information content (AvgIpc) is 3.33. The van der Waals surface area contributed by atoms with Crippen LogP contribution in [0.3, 0.4) is 0 Å². The van der Waals surface area contributed by atoms with E-state index in [0.29, 0.717) is 13.1 Å². The molecule has 0 amide bonds. The van der Waals surface area contributed by atoms with Crippen LogP contribution in [0.15, 0.2) is 48.8 Å². The fraction of sp³-hybridized carbons (Fsp3) is 0.364. The lowest BCUT2D eigenvalue weighted by molar-refractivity contribution is -0.0964. The van der Waals surface area contributed by atoms with E-state index in [4.69, 9.17) is 16.6 Å². The van der Waals surface area contributed by atoms with Gasteiger partial charge in [-0.05, 0) is 42.0 Å². The number of piperazine rings is 1. The molecular weight excluding hydrogens is 457 g/mol. The summed E-state index contributed by atoms with van der Waals surface area (Å²) in [6.45, 7) is 3.70. The number of H-pyrrole nitrogens is 1. The van der Waals surface area contributed by atoms with Gasteiger partial charge in [-0.2, -0.15) is 5.10 Å². The summed E-state index contributed by atoms with van der Waals surface area (Å²) in [5, 5.41) is 10.3. The number of benzene rings is 1. The number of rotatable bonds is 9. The van der Waals surface area contributed by atoms with Crippen molar-refractivity contribution < 1.29 is 17.9 Å². The molecule has 1 saturated heterocycles. The molecule has 1 aromatic carbocycles. The number of nitrogens with zero attached hydrogens (tertiary/aromatic N) is 4. The van der Waals surface area contributed by atoms with Crippen molar-refractivity contribution in [2.45, 2.75) is 12.1 Å². The molecule has 3 aromatic rings. The summed E-state index contributed by atoms with van der Waals surface area (Å²) in [5.74, 6) is 0.825. The summed E-state index contributed by atoms with van der Waals surface area (Å²) in [6, 6.07) is 10.0. The molecule has 7 nitrogen and oxygen atoms in total. The number of pyridine rings is 1. The molecule has 2 N–H and O–H groups in total. The zero-order valence-corrected chi connectivity index (χ0v) is 18.5. The van der Waals surface area contributed by atoms with Crippen LogP contribution < -0.4 is 15.0 Å². The topological polar surface area (TPSA) is 69.3 Å². The highest BCUT2D eigenvalue weighted by atomic mass is 35.5. The first kappa shape index (κ1) is 23.2. The van der Waals surface area contributed by atoms with Crippen LogP contribution in [0, 0.1) is 0 Å². The zero-order chi connectivity index (χ0) is 23.3. The van der Waals surface area contributed by atoms with Crippen molar-refractivity contribution in [3.8, 4) is 17.0 Å². The van der Waals surface area contributed by atoms with Gasteiger partial charge in [0.2, 0.25) is 0 Å². The van der Waals surface area contributed by atoms with Gasteiger partial charge in [0.15, 0.2) is 0 Å². The summed E-state index contributed by atoms with van der Waals surface area (Å²) in [6.07, 6.45) is 3.50. The maximum Gasteiger partial charge on any atom is 0.487 e. The Balaban J connectivity index is 1.46. The Labute approximate surface area is 194 Å². The van der Waals surface area contributed by atoms with E-state index in [0.717, 1.165) is 54.5 Å². The van der Waals surface area contributed by atoms with E-state index < -0.39 is 5.57 Å². The lowest BCUT2D eigenvalue weighted by Crippen LogP contribution is -2.47. The van der Waals surface area contributed by atoms with E-state index in [1.807, 2.05) is 18.3 Å². The summed E-state index contributed by atoms with van der Waals surface area (Å²) >= 11 is 4.79. The highest BCUT2D eigenvalue weighted by Crippen LogP contribution is 2.30. The predicted octanol–water partition coefficient (Wildman–Crippen LogP) is 4.34. The van der Waals surface area contributed by atoms with Gasteiger partial charge >= 0.3 is 5.57 Å². The Hall–Kier alpha value is -2.98. The molecule has 0 atom stereocenters. The molecule has 0 aliphatic carbocycles. The van der Waals surface area contributed by atoms with E-state index in [9.17, 15) is 13.2 Å². The fourth-order valence-corrected chi connectivity index (χ4v) is 3.82. The van der Waals surface area contributed by atoms with Crippen LogP contribution in [0.2, 0.25) is 0 Å². The van der Waals surface area contributed by atoms with Crippen LogP contribution >= 0.6 is 11.6 Å². The zero-order valence-electron chi connectivity index (χ0n) is 17.8. The molecule has 0 bridgehead atoms. The molecule has 1 fully saturated rings. The Morgan fingerprint density at radius 1 is 1.12 bits per heavy atom. The second-order valence-corrected chi connectivity index (χ2v) is 8.07. The van der Waals surface area contributed by atoms with Crippen LogP contribution in [0.1, 0.15) is 5.56 Å². The van der Waals surface area contributed by atoms with E-state index in [1.165, 1.54) is 12.1 Å². The van der Waals surface area contributed by atoms with Gasteiger partial charge in [-0.15, -0.1) is 8.78 Å². The van der Waals surface area contributed by atoms with Crippen molar-refractivity contribution in [3.63, 3.8) is 0 Å². The van der Waals surface area contributed by atoms with E-state index >= 15 is 0 Å². The minimum absolute atomic E-state index is 0.0280. The lowest BCUT2D eigenvalue weighted by atomic mass is 10.1. The quantitative estimate of drug-likeness (QED) is 0.444. The second-order valence-electron chi connectivity index (χ2n) is 7.63. The number of nitrogens with one attached hydrogen (secondary N) is 2. The van der Waals surface area contributed by atoms with Gasteiger partial charge in [0, 0.05) is 74.5 Å². The minimum atomic E-state index is -3.74. The van der Waals surface area contributed by atoms with E-state index in [1.54, 1.807) is 18.3 Å². The third-order valence-electron chi connectivity index (χ3n) is 5.37. The number of hydrogen-bond donors (Lipinski definition) is 2. The van der Waals surface area contributed by atoms with Crippen molar-refractivity contribution in [2.24, 2.45) is 0 Å². The number of ether oxygens (including phenoxy) is 1. The largest absolute Gasteiger partial charge is 0.487 e. The molecular formula is C22H24ClF3N6O. The number of aromatic nitrogens is 3. The highest BCUT2D eigenvalue weighted by Gasteiger charge is 2.27.